The molecule has 3 unspecified atom stereocenters. The van der Waals surface area contributed by atoms with Crippen molar-refractivity contribution in [1.29, 1.82) is 0 Å². The summed E-state index contributed by atoms with van der Waals surface area (Å²) in [5.41, 5.74) is 1.43. The number of nitrogens with one attached hydrogen (secondary N) is 1. The molecule has 0 bridgehead atoms. The Bertz CT molecular complexity index is 361. The van der Waals surface area contributed by atoms with Gasteiger partial charge in [0.25, 0.3) is 0 Å². The average Bonchev–Trinajstić information content (AvgIpc) is 2.70. The minimum atomic E-state index is 0.496. The molecule has 3 heteroatoms. The van der Waals surface area contributed by atoms with Crippen molar-refractivity contribution in [3.63, 3.8) is 0 Å². The van der Waals surface area contributed by atoms with Crippen LogP contribution in [0.4, 0.5) is 0 Å². The van der Waals surface area contributed by atoms with Crippen LogP contribution in [-0.2, 0) is 0 Å². The molecule has 1 aliphatic rings. The lowest BCUT2D eigenvalue weighted by Crippen LogP contribution is -2.46. The van der Waals surface area contributed by atoms with Crippen LogP contribution in [0.3, 0.4) is 0 Å². The second-order valence-electron chi connectivity index (χ2n) is 5.41. The Morgan fingerprint density at radius 3 is 2.88 bits per heavy atom. The Hall–Kier alpha value is -0.380. The lowest BCUT2D eigenvalue weighted by atomic mass is 9.98. The monoisotopic (exact) mass is 252 g/mol. The van der Waals surface area contributed by atoms with Gasteiger partial charge in [0.05, 0.1) is 0 Å². The van der Waals surface area contributed by atoms with Crippen LogP contribution in [0.15, 0.2) is 11.4 Å². The molecular weight excluding hydrogens is 228 g/mol. The number of nitrogens with zero attached hydrogens (tertiary/aromatic N) is 1. The van der Waals surface area contributed by atoms with E-state index in [1.54, 1.807) is 0 Å². The highest BCUT2D eigenvalue weighted by atomic mass is 32.1. The van der Waals surface area contributed by atoms with Crippen LogP contribution in [0.2, 0.25) is 0 Å². The van der Waals surface area contributed by atoms with Gasteiger partial charge in [0, 0.05) is 23.0 Å². The van der Waals surface area contributed by atoms with Crippen LogP contribution in [0.25, 0.3) is 0 Å². The molecule has 0 spiro atoms. The Labute approximate surface area is 109 Å². The fourth-order valence-electron chi connectivity index (χ4n) is 2.70. The molecule has 1 aromatic rings. The van der Waals surface area contributed by atoms with Crippen molar-refractivity contribution in [2.24, 2.45) is 0 Å². The van der Waals surface area contributed by atoms with Gasteiger partial charge in [0.2, 0.25) is 0 Å². The average molecular weight is 252 g/mol. The first-order valence-corrected chi connectivity index (χ1v) is 7.46. The third-order valence-electron chi connectivity index (χ3n) is 3.99. The number of rotatable bonds is 3. The second-order valence-corrected chi connectivity index (χ2v) is 6.35. The van der Waals surface area contributed by atoms with E-state index >= 15 is 0 Å². The van der Waals surface area contributed by atoms with Crippen LogP contribution in [0.5, 0.6) is 0 Å². The third-order valence-corrected chi connectivity index (χ3v) is 5.19. The molecule has 2 rings (SSSR count). The zero-order valence-corrected chi connectivity index (χ0v) is 12.2. The minimum Gasteiger partial charge on any atom is -0.307 e. The van der Waals surface area contributed by atoms with Crippen molar-refractivity contribution in [2.45, 2.75) is 51.7 Å². The maximum atomic E-state index is 3.80. The van der Waals surface area contributed by atoms with Gasteiger partial charge in [0.1, 0.15) is 0 Å². The summed E-state index contributed by atoms with van der Waals surface area (Å²) in [6.45, 7) is 8.05. The summed E-state index contributed by atoms with van der Waals surface area (Å²) in [7, 11) is 2.23. The van der Waals surface area contributed by atoms with Crippen molar-refractivity contribution in [3.8, 4) is 0 Å². The largest absolute Gasteiger partial charge is 0.307 e. The minimum absolute atomic E-state index is 0.496. The summed E-state index contributed by atoms with van der Waals surface area (Å²) >= 11 is 1.87. The molecule has 2 nitrogen and oxygen atoms in total. The van der Waals surface area contributed by atoms with Gasteiger partial charge in [0.15, 0.2) is 0 Å². The van der Waals surface area contributed by atoms with Crippen LogP contribution in [0, 0.1) is 6.92 Å². The molecule has 0 aromatic carbocycles. The van der Waals surface area contributed by atoms with E-state index < -0.39 is 0 Å². The summed E-state index contributed by atoms with van der Waals surface area (Å²) in [5, 5.41) is 5.99. The molecule has 0 aliphatic carbocycles. The van der Waals surface area contributed by atoms with Gasteiger partial charge in [-0.1, -0.05) is 0 Å². The van der Waals surface area contributed by atoms with Gasteiger partial charge in [-0.15, -0.1) is 11.3 Å². The standard InChI is InChI=1S/C14H24N2S/c1-10-6-8-17-14(10)12(3)15-13-5-7-16(4)11(2)9-13/h6,8,11-13,15H,5,7,9H2,1-4H3. The molecule has 0 radical (unpaired) electrons. The fourth-order valence-corrected chi connectivity index (χ4v) is 3.64. The molecule has 1 N–H and O–H groups in total. The molecular formula is C14H24N2S. The molecule has 1 saturated heterocycles. The normalized spacial score (nSPS) is 28.2. The Balaban J connectivity index is 1.91. The van der Waals surface area contributed by atoms with Gasteiger partial charge >= 0.3 is 0 Å². The molecule has 1 aromatic heterocycles. The van der Waals surface area contributed by atoms with Crippen molar-refractivity contribution < 1.29 is 0 Å². The number of piperidine rings is 1. The molecule has 1 fully saturated rings. The van der Waals surface area contributed by atoms with Crippen LogP contribution >= 0.6 is 11.3 Å². The Morgan fingerprint density at radius 1 is 1.53 bits per heavy atom. The molecule has 17 heavy (non-hydrogen) atoms. The van der Waals surface area contributed by atoms with Crippen molar-refractivity contribution in [3.05, 3.63) is 21.9 Å². The van der Waals surface area contributed by atoms with Crippen LogP contribution < -0.4 is 5.32 Å². The number of thiophene rings is 1. The molecule has 96 valence electrons. The first kappa shape index (κ1) is 13.1. The highest BCUT2D eigenvalue weighted by Crippen LogP contribution is 2.25. The molecule has 0 amide bonds. The van der Waals surface area contributed by atoms with Gasteiger partial charge in [-0.3, -0.25) is 0 Å². The van der Waals surface area contributed by atoms with E-state index in [-0.39, 0.29) is 0 Å². The predicted octanol–water partition coefficient (Wildman–Crippen LogP) is 3.19. The summed E-state index contributed by atoms with van der Waals surface area (Å²) in [6, 6.07) is 4.10. The van der Waals surface area contributed by atoms with E-state index in [2.05, 4.69) is 49.5 Å². The Morgan fingerprint density at radius 2 is 2.29 bits per heavy atom. The van der Waals surface area contributed by atoms with Crippen molar-refractivity contribution in [1.82, 2.24) is 10.2 Å². The topological polar surface area (TPSA) is 15.3 Å². The summed E-state index contributed by atoms with van der Waals surface area (Å²) in [6.07, 6.45) is 2.54. The quantitative estimate of drug-likeness (QED) is 0.889. The lowest BCUT2D eigenvalue weighted by Gasteiger charge is -2.36. The molecule has 0 saturated carbocycles. The van der Waals surface area contributed by atoms with E-state index in [4.69, 9.17) is 0 Å². The summed E-state index contributed by atoms with van der Waals surface area (Å²) in [4.78, 5) is 3.95. The first-order valence-electron chi connectivity index (χ1n) is 6.58. The SMILES string of the molecule is Cc1ccsc1C(C)NC1CCN(C)C(C)C1. The number of hydrogen-bond donors (Lipinski definition) is 1. The van der Waals surface area contributed by atoms with Gasteiger partial charge in [-0.05, 0) is 64.2 Å². The van der Waals surface area contributed by atoms with Crippen LogP contribution in [0.1, 0.15) is 43.2 Å². The number of aryl methyl sites for hydroxylation is 1. The van der Waals surface area contributed by atoms with Gasteiger partial charge < -0.3 is 10.2 Å². The van der Waals surface area contributed by atoms with Gasteiger partial charge in [-0.2, -0.15) is 0 Å². The zero-order chi connectivity index (χ0) is 12.4. The summed E-state index contributed by atoms with van der Waals surface area (Å²) < 4.78 is 0. The van der Waals surface area contributed by atoms with E-state index in [0.717, 1.165) is 0 Å². The fraction of sp³-hybridized carbons (Fsp3) is 0.714. The van der Waals surface area contributed by atoms with Crippen molar-refractivity contribution >= 4 is 11.3 Å². The zero-order valence-electron chi connectivity index (χ0n) is 11.4. The number of hydrogen-bond acceptors (Lipinski definition) is 3. The van der Waals surface area contributed by atoms with E-state index in [0.29, 0.717) is 18.1 Å². The van der Waals surface area contributed by atoms with E-state index in [9.17, 15) is 0 Å². The highest BCUT2D eigenvalue weighted by Gasteiger charge is 2.24. The van der Waals surface area contributed by atoms with E-state index in [1.165, 1.54) is 29.8 Å². The maximum Gasteiger partial charge on any atom is 0.0390 e. The number of likely N-dealkylation sites (tertiary alicyclic amines) is 1. The maximum absolute atomic E-state index is 3.80. The van der Waals surface area contributed by atoms with Crippen molar-refractivity contribution in [2.75, 3.05) is 13.6 Å². The van der Waals surface area contributed by atoms with Gasteiger partial charge in [-0.25, -0.2) is 0 Å². The molecule has 2 heterocycles. The molecule has 1 aliphatic heterocycles. The highest BCUT2D eigenvalue weighted by molar-refractivity contribution is 7.10. The first-order chi connectivity index (χ1) is 8.08. The second kappa shape index (κ2) is 5.51. The smallest absolute Gasteiger partial charge is 0.0390 e. The van der Waals surface area contributed by atoms with Crippen LogP contribution in [-0.4, -0.2) is 30.6 Å². The molecule has 3 atom stereocenters. The predicted molar refractivity (Wildman–Crippen MR) is 75.7 cm³/mol. The Kier molecular flexibility index (Phi) is 4.23. The van der Waals surface area contributed by atoms with E-state index in [1.807, 2.05) is 11.3 Å². The lowest BCUT2D eigenvalue weighted by molar-refractivity contribution is 0.163. The summed E-state index contributed by atoms with van der Waals surface area (Å²) in [5.74, 6) is 0. The third kappa shape index (κ3) is 3.09.